The fourth-order valence-corrected chi connectivity index (χ4v) is 4.00. The Kier molecular flexibility index (Phi) is 5.64. The number of aromatic nitrogens is 4. The molecule has 170 valence electrons. The summed E-state index contributed by atoms with van der Waals surface area (Å²) in [5.74, 6) is 1.32. The lowest BCUT2D eigenvalue weighted by Crippen LogP contribution is -2.56. The van der Waals surface area contributed by atoms with Crippen LogP contribution in [0.2, 0.25) is 0 Å². The molecule has 11 heteroatoms. The number of carbonyl (C=O) groups is 1. The Morgan fingerprint density at radius 2 is 1.88 bits per heavy atom. The Bertz CT molecular complexity index is 956. The highest BCUT2D eigenvalue weighted by Gasteiger charge is 2.38. The van der Waals surface area contributed by atoms with Crippen molar-refractivity contribution in [3.05, 3.63) is 18.5 Å². The highest BCUT2D eigenvalue weighted by molar-refractivity contribution is 5.75. The minimum atomic E-state index is 0.00889. The minimum absolute atomic E-state index is 0.00889. The van der Waals surface area contributed by atoms with Crippen LogP contribution in [0, 0.1) is 0 Å². The molecule has 1 saturated carbocycles. The average molecular weight is 441 g/mol. The van der Waals surface area contributed by atoms with Gasteiger partial charge in [-0.2, -0.15) is 4.98 Å². The maximum absolute atomic E-state index is 12.4. The van der Waals surface area contributed by atoms with Gasteiger partial charge < -0.3 is 29.9 Å². The van der Waals surface area contributed by atoms with Gasteiger partial charge in [0.1, 0.15) is 6.10 Å². The zero-order valence-corrected chi connectivity index (χ0v) is 18.2. The number of rotatable bonds is 5. The van der Waals surface area contributed by atoms with Gasteiger partial charge >= 0.3 is 6.03 Å². The summed E-state index contributed by atoms with van der Waals surface area (Å²) >= 11 is 0. The van der Waals surface area contributed by atoms with Crippen LogP contribution in [0.5, 0.6) is 5.88 Å². The number of ether oxygens (including phenoxy) is 2. The summed E-state index contributed by atoms with van der Waals surface area (Å²) in [5, 5.41) is 0. The number of carbonyl (C=O) groups excluding carboxylic acids is 1. The summed E-state index contributed by atoms with van der Waals surface area (Å²) in [5.41, 5.74) is 7.05. The molecule has 3 fully saturated rings. The second kappa shape index (κ2) is 8.73. The molecule has 5 rings (SSSR count). The Morgan fingerprint density at radius 3 is 2.53 bits per heavy atom. The van der Waals surface area contributed by atoms with Crippen molar-refractivity contribution in [1.82, 2.24) is 29.7 Å². The molecule has 4 heterocycles. The van der Waals surface area contributed by atoms with E-state index in [0.717, 1.165) is 51.0 Å². The number of hydrogen-bond acceptors (Lipinski definition) is 9. The van der Waals surface area contributed by atoms with Crippen LogP contribution in [0.15, 0.2) is 18.5 Å². The number of morpholine rings is 1. The van der Waals surface area contributed by atoms with E-state index in [9.17, 15) is 4.79 Å². The number of amides is 2. The van der Waals surface area contributed by atoms with Crippen molar-refractivity contribution in [3.63, 3.8) is 0 Å². The maximum atomic E-state index is 12.4. The third-order valence-electron chi connectivity index (χ3n) is 6.29. The van der Waals surface area contributed by atoms with Crippen LogP contribution in [0.3, 0.4) is 0 Å². The van der Waals surface area contributed by atoms with Gasteiger partial charge in [-0.1, -0.05) is 0 Å². The Morgan fingerprint density at radius 1 is 1.16 bits per heavy atom. The summed E-state index contributed by atoms with van der Waals surface area (Å²) < 4.78 is 11.7. The third kappa shape index (κ3) is 4.24. The minimum Gasteiger partial charge on any atom is -0.474 e. The van der Waals surface area contributed by atoms with Crippen LogP contribution in [-0.2, 0) is 4.74 Å². The lowest BCUT2D eigenvalue weighted by atomic mass is 9.88. The summed E-state index contributed by atoms with van der Waals surface area (Å²) in [6, 6.07) is 2.11. The van der Waals surface area contributed by atoms with Crippen LogP contribution in [0.4, 0.5) is 16.7 Å². The fourth-order valence-electron chi connectivity index (χ4n) is 4.00. The maximum Gasteiger partial charge on any atom is 0.319 e. The molecule has 0 spiro atoms. The molecule has 3 aliphatic rings. The molecule has 0 radical (unpaired) electrons. The van der Waals surface area contributed by atoms with Gasteiger partial charge in [-0.3, -0.25) is 0 Å². The molecule has 1 aliphatic carbocycles. The second-order valence-corrected chi connectivity index (χ2v) is 8.42. The Hall–Kier alpha value is -3.21. The van der Waals surface area contributed by atoms with Crippen LogP contribution >= 0.6 is 0 Å². The molecule has 2 aliphatic heterocycles. The molecule has 0 bridgehead atoms. The van der Waals surface area contributed by atoms with Crippen molar-refractivity contribution in [1.29, 1.82) is 0 Å². The molecule has 2 aromatic heterocycles. The van der Waals surface area contributed by atoms with E-state index in [0.29, 0.717) is 30.7 Å². The van der Waals surface area contributed by atoms with Gasteiger partial charge in [0.2, 0.25) is 17.8 Å². The number of nitrogens with zero attached hydrogens (tertiary/aromatic N) is 7. The van der Waals surface area contributed by atoms with Crippen molar-refractivity contribution < 1.29 is 14.3 Å². The lowest BCUT2D eigenvalue weighted by molar-refractivity contribution is 0.0283. The summed E-state index contributed by atoms with van der Waals surface area (Å²) in [6.45, 7) is 4.43. The van der Waals surface area contributed by atoms with Gasteiger partial charge in [-0.15, -0.1) is 0 Å². The quantitative estimate of drug-likeness (QED) is 0.726. The number of urea groups is 1. The number of anilines is 2. The summed E-state index contributed by atoms with van der Waals surface area (Å²) in [6.07, 6.45) is 5.96. The molecule has 32 heavy (non-hydrogen) atoms. The number of likely N-dealkylation sites (tertiary alicyclic amines) is 1. The summed E-state index contributed by atoms with van der Waals surface area (Å²) in [7, 11) is 1.88. The molecule has 2 aromatic rings. The van der Waals surface area contributed by atoms with Gasteiger partial charge in [-0.05, 0) is 6.42 Å². The van der Waals surface area contributed by atoms with Crippen LogP contribution in [0.25, 0.3) is 11.3 Å². The van der Waals surface area contributed by atoms with Crippen LogP contribution in [-0.4, -0.2) is 94.4 Å². The van der Waals surface area contributed by atoms with E-state index in [1.54, 1.807) is 18.5 Å². The first-order valence-electron chi connectivity index (χ1n) is 11.0. The van der Waals surface area contributed by atoms with Gasteiger partial charge in [0.05, 0.1) is 18.9 Å². The molecule has 0 aromatic carbocycles. The molecule has 2 saturated heterocycles. The van der Waals surface area contributed by atoms with Crippen molar-refractivity contribution >= 4 is 17.9 Å². The number of hydrogen-bond donors (Lipinski definition) is 1. The number of nitrogen functional groups attached to an aromatic ring is 1. The van der Waals surface area contributed by atoms with E-state index < -0.39 is 0 Å². The SMILES string of the molecule is CN(C(=O)N1CCC1)[C@H]1C[C@H](Oc2cc(-c3cnc(N)nc3)nc(N3CCOCC3)n2)C1. The van der Waals surface area contributed by atoms with E-state index in [-0.39, 0.29) is 24.1 Å². The molecule has 2 N–H and O–H groups in total. The predicted octanol–water partition coefficient (Wildman–Crippen LogP) is 1.02. The zero-order chi connectivity index (χ0) is 22.1. The highest BCUT2D eigenvalue weighted by atomic mass is 16.5. The van der Waals surface area contributed by atoms with Crippen molar-refractivity contribution in [2.75, 3.05) is 57.1 Å². The van der Waals surface area contributed by atoms with Gasteiger partial charge in [-0.25, -0.2) is 19.7 Å². The van der Waals surface area contributed by atoms with Gasteiger partial charge in [0, 0.05) is 76.1 Å². The monoisotopic (exact) mass is 440 g/mol. The smallest absolute Gasteiger partial charge is 0.319 e. The standard InChI is InChI=1S/C21H28N8O3/c1-27(21(30)29-3-2-4-29)15-9-16(10-15)32-18-11-17(14-12-23-19(22)24-13-14)25-20(26-18)28-5-7-31-8-6-28/h11-13,15-16H,2-10H2,1H3,(H2,22,23,24)/t15-,16-. The van der Waals surface area contributed by atoms with Crippen molar-refractivity contribution in [3.8, 4) is 17.1 Å². The summed E-state index contributed by atoms with van der Waals surface area (Å²) in [4.78, 5) is 35.8. The topological polar surface area (TPSA) is 123 Å². The zero-order valence-electron chi connectivity index (χ0n) is 18.2. The highest BCUT2D eigenvalue weighted by Crippen LogP contribution is 2.32. The first-order valence-corrected chi connectivity index (χ1v) is 11.0. The normalized spacial score (nSPS) is 22.7. The van der Waals surface area contributed by atoms with E-state index in [1.165, 1.54) is 0 Å². The first kappa shape index (κ1) is 20.7. The molecule has 2 amide bonds. The Labute approximate surface area is 186 Å². The molecule has 0 atom stereocenters. The predicted molar refractivity (Wildman–Crippen MR) is 117 cm³/mol. The van der Waals surface area contributed by atoms with Gasteiger partial charge in [0.15, 0.2) is 0 Å². The number of nitrogens with two attached hydrogens (primary N) is 1. The second-order valence-electron chi connectivity index (χ2n) is 8.42. The molecular formula is C21H28N8O3. The van der Waals surface area contributed by atoms with Gasteiger partial charge in [0.25, 0.3) is 0 Å². The molecule has 11 nitrogen and oxygen atoms in total. The van der Waals surface area contributed by atoms with E-state index >= 15 is 0 Å². The Balaban J connectivity index is 1.30. The first-order chi connectivity index (χ1) is 15.6. The van der Waals surface area contributed by atoms with Crippen molar-refractivity contribution in [2.24, 2.45) is 0 Å². The fraction of sp³-hybridized carbons (Fsp3) is 0.571. The van der Waals surface area contributed by atoms with Crippen LogP contribution < -0.4 is 15.4 Å². The van der Waals surface area contributed by atoms with Crippen molar-refractivity contribution in [2.45, 2.75) is 31.4 Å². The van der Waals surface area contributed by atoms with E-state index in [4.69, 9.17) is 20.2 Å². The largest absolute Gasteiger partial charge is 0.474 e. The van der Waals surface area contributed by atoms with E-state index in [2.05, 4.69) is 19.9 Å². The molecule has 0 unspecified atom stereocenters. The third-order valence-corrected chi connectivity index (χ3v) is 6.29. The lowest BCUT2D eigenvalue weighted by Gasteiger charge is -2.44. The average Bonchev–Trinajstić information content (AvgIpc) is 2.75. The molecular weight excluding hydrogens is 412 g/mol. The van der Waals surface area contributed by atoms with Crippen LogP contribution in [0.1, 0.15) is 19.3 Å². The van der Waals surface area contributed by atoms with E-state index in [1.807, 2.05) is 16.8 Å².